The number of carbonyl (C=O) groups is 1. The third-order valence-electron chi connectivity index (χ3n) is 2.37. The van der Waals surface area contributed by atoms with Crippen molar-refractivity contribution in [2.75, 3.05) is 11.1 Å². The number of furan rings is 1. The van der Waals surface area contributed by atoms with Crippen LogP contribution in [0.15, 0.2) is 41.0 Å². The van der Waals surface area contributed by atoms with Gasteiger partial charge in [-0.05, 0) is 30.3 Å². The lowest BCUT2D eigenvalue weighted by atomic mass is 10.1. The Morgan fingerprint density at radius 1 is 1.35 bits per heavy atom. The molecule has 1 aromatic heterocycles. The van der Waals surface area contributed by atoms with Crippen LogP contribution in [0.2, 0.25) is 0 Å². The van der Waals surface area contributed by atoms with Gasteiger partial charge in [0.15, 0.2) is 0 Å². The van der Waals surface area contributed by atoms with Crippen molar-refractivity contribution in [3.63, 3.8) is 0 Å². The molecule has 0 fully saturated rings. The number of nitrogens with one attached hydrogen (secondary N) is 1. The third-order valence-corrected chi connectivity index (χ3v) is 2.37. The molecule has 2 rings (SSSR count). The second-order valence-electron chi connectivity index (χ2n) is 3.60. The second kappa shape index (κ2) is 4.61. The molecule has 1 amide bonds. The number of amides is 1. The highest BCUT2D eigenvalue weighted by molar-refractivity contribution is 5.94. The fourth-order valence-electron chi connectivity index (χ4n) is 1.46. The summed E-state index contributed by atoms with van der Waals surface area (Å²) in [5.41, 5.74) is 12.6. The van der Waals surface area contributed by atoms with Gasteiger partial charge in [-0.25, -0.2) is 0 Å². The van der Waals surface area contributed by atoms with Crippen LogP contribution in [-0.2, 0) is 6.54 Å². The zero-order chi connectivity index (χ0) is 12.3. The molecule has 5 heteroatoms. The van der Waals surface area contributed by atoms with E-state index in [2.05, 4.69) is 5.32 Å². The summed E-state index contributed by atoms with van der Waals surface area (Å²) in [7, 11) is 0. The van der Waals surface area contributed by atoms with E-state index < -0.39 is 5.91 Å². The van der Waals surface area contributed by atoms with Gasteiger partial charge in [-0.1, -0.05) is 0 Å². The quantitative estimate of drug-likeness (QED) is 0.696. The first-order chi connectivity index (χ1) is 8.16. The Labute approximate surface area is 98.4 Å². The Balaban J connectivity index is 2.14. The first-order valence-corrected chi connectivity index (χ1v) is 5.12. The zero-order valence-electron chi connectivity index (χ0n) is 9.14. The normalized spacial score (nSPS) is 10.1. The summed E-state index contributed by atoms with van der Waals surface area (Å²) < 4.78 is 5.18. The van der Waals surface area contributed by atoms with Crippen LogP contribution in [-0.4, -0.2) is 5.91 Å². The zero-order valence-corrected chi connectivity index (χ0v) is 9.14. The predicted molar refractivity (Wildman–Crippen MR) is 65.4 cm³/mol. The summed E-state index contributed by atoms with van der Waals surface area (Å²) in [5, 5.41) is 3.08. The van der Waals surface area contributed by atoms with E-state index >= 15 is 0 Å². The molecule has 0 saturated heterocycles. The van der Waals surface area contributed by atoms with Crippen molar-refractivity contribution in [2.45, 2.75) is 6.54 Å². The Hall–Kier alpha value is -2.43. The van der Waals surface area contributed by atoms with Crippen LogP contribution in [0.4, 0.5) is 11.4 Å². The molecule has 0 bridgehead atoms. The average Bonchev–Trinajstić information content (AvgIpc) is 2.80. The number of benzene rings is 1. The molecule has 0 saturated carbocycles. The molecular weight excluding hydrogens is 218 g/mol. The van der Waals surface area contributed by atoms with Crippen molar-refractivity contribution in [3.8, 4) is 0 Å². The van der Waals surface area contributed by atoms with Gasteiger partial charge in [0.2, 0.25) is 5.91 Å². The van der Waals surface area contributed by atoms with Gasteiger partial charge in [-0.3, -0.25) is 4.79 Å². The summed E-state index contributed by atoms with van der Waals surface area (Å²) in [6, 6.07) is 8.52. The topological polar surface area (TPSA) is 94.3 Å². The average molecular weight is 231 g/mol. The van der Waals surface area contributed by atoms with Crippen molar-refractivity contribution < 1.29 is 9.21 Å². The highest BCUT2D eigenvalue weighted by Gasteiger charge is 2.05. The summed E-state index contributed by atoms with van der Waals surface area (Å²) in [6.07, 6.45) is 1.60. The Morgan fingerprint density at radius 2 is 2.18 bits per heavy atom. The molecule has 0 atom stereocenters. The molecule has 2 aromatic rings. The second-order valence-corrected chi connectivity index (χ2v) is 3.60. The minimum absolute atomic E-state index is 0.418. The SMILES string of the molecule is NC(=O)c1ccc(N)c(NCc2ccco2)c1. The number of hydrogen-bond donors (Lipinski definition) is 3. The molecule has 0 aliphatic rings. The van der Waals surface area contributed by atoms with E-state index in [1.54, 1.807) is 30.5 Å². The highest BCUT2D eigenvalue weighted by Crippen LogP contribution is 2.20. The first kappa shape index (κ1) is 11.1. The molecule has 0 aliphatic heterocycles. The molecule has 0 spiro atoms. The van der Waals surface area contributed by atoms with E-state index in [0.29, 0.717) is 23.5 Å². The van der Waals surface area contributed by atoms with Gasteiger partial charge < -0.3 is 21.2 Å². The van der Waals surface area contributed by atoms with Crippen molar-refractivity contribution in [3.05, 3.63) is 47.9 Å². The minimum atomic E-state index is -0.481. The van der Waals surface area contributed by atoms with Gasteiger partial charge in [-0.15, -0.1) is 0 Å². The molecule has 1 aromatic carbocycles. The summed E-state index contributed by atoms with van der Waals surface area (Å²) in [4.78, 5) is 11.0. The molecule has 5 nitrogen and oxygen atoms in total. The third kappa shape index (κ3) is 2.57. The Kier molecular flexibility index (Phi) is 3.00. The van der Waals surface area contributed by atoms with Gasteiger partial charge in [-0.2, -0.15) is 0 Å². The highest BCUT2D eigenvalue weighted by atomic mass is 16.3. The van der Waals surface area contributed by atoms with Gasteiger partial charge in [0, 0.05) is 5.56 Å². The molecule has 0 unspecified atom stereocenters. The van der Waals surface area contributed by atoms with Crippen LogP contribution in [0.5, 0.6) is 0 Å². The van der Waals surface area contributed by atoms with E-state index in [-0.39, 0.29) is 0 Å². The van der Waals surface area contributed by atoms with Crippen molar-refractivity contribution in [1.29, 1.82) is 0 Å². The number of nitrogens with two attached hydrogens (primary N) is 2. The van der Waals surface area contributed by atoms with E-state index in [9.17, 15) is 4.79 Å². The summed E-state index contributed by atoms with van der Waals surface area (Å²) in [6.45, 7) is 0.499. The van der Waals surface area contributed by atoms with E-state index in [1.165, 1.54) is 0 Å². The van der Waals surface area contributed by atoms with Crippen LogP contribution >= 0.6 is 0 Å². The monoisotopic (exact) mass is 231 g/mol. The Morgan fingerprint density at radius 3 is 2.82 bits per heavy atom. The number of nitrogen functional groups attached to an aromatic ring is 1. The largest absolute Gasteiger partial charge is 0.467 e. The van der Waals surface area contributed by atoms with Crippen LogP contribution in [0.3, 0.4) is 0 Å². The molecular formula is C12H13N3O2. The fourth-order valence-corrected chi connectivity index (χ4v) is 1.46. The molecule has 0 radical (unpaired) electrons. The van der Waals surface area contributed by atoms with Gasteiger partial charge in [0.25, 0.3) is 0 Å². The lowest BCUT2D eigenvalue weighted by Gasteiger charge is -2.09. The van der Waals surface area contributed by atoms with Crippen molar-refractivity contribution in [2.24, 2.45) is 5.73 Å². The molecule has 88 valence electrons. The number of hydrogen-bond acceptors (Lipinski definition) is 4. The predicted octanol–water partition coefficient (Wildman–Crippen LogP) is 1.57. The maximum atomic E-state index is 11.0. The molecule has 5 N–H and O–H groups in total. The standard InChI is InChI=1S/C12H13N3O2/c13-10-4-3-8(12(14)16)6-11(10)15-7-9-2-1-5-17-9/h1-6,15H,7,13H2,(H2,14,16). The smallest absolute Gasteiger partial charge is 0.248 e. The number of carbonyl (C=O) groups excluding carboxylic acids is 1. The number of rotatable bonds is 4. The van der Waals surface area contributed by atoms with Crippen LogP contribution in [0.1, 0.15) is 16.1 Å². The van der Waals surface area contributed by atoms with Crippen molar-refractivity contribution >= 4 is 17.3 Å². The molecule has 0 aliphatic carbocycles. The van der Waals surface area contributed by atoms with Crippen LogP contribution in [0, 0.1) is 0 Å². The Bertz CT molecular complexity index is 521. The van der Waals surface area contributed by atoms with Gasteiger partial charge >= 0.3 is 0 Å². The summed E-state index contributed by atoms with van der Waals surface area (Å²) in [5.74, 6) is 0.305. The fraction of sp³-hybridized carbons (Fsp3) is 0.0833. The number of anilines is 2. The van der Waals surface area contributed by atoms with E-state index in [4.69, 9.17) is 15.9 Å². The summed E-state index contributed by atoms with van der Waals surface area (Å²) >= 11 is 0. The lowest BCUT2D eigenvalue weighted by molar-refractivity contribution is 0.100. The van der Waals surface area contributed by atoms with Gasteiger partial charge in [0.1, 0.15) is 5.76 Å². The lowest BCUT2D eigenvalue weighted by Crippen LogP contribution is -2.12. The first-order valence-electron chi connectivity index (χ1n) is 5.12. The maximum absolute atomic E-state index is 11.0. The number of primary amides is 1. The maximum Gasteiger partial charge on any atom is 0.248 e. The van der Waals surface area contributed by atoms with Crippen molar-refractivity contribution in [1.82, 2.24) is 0 Å². The molecule has 17 heavy (non-hydrogen) atoms. The minimum Gasteiger partial charge on any atom is -0.467 e. The van der Waals surface area contributed by atoms with E-state index in [0.717, 1.165) is 5.76 Å². The molecule has 1 heterocycles. The van der Waals surface area contributed by atoms with Gasteiger partial charge in [0.05, 0.1) is 24.2 Å². The van der Waals surface area contributed by atoms with Crippen LogP contribution < -0.4 is 16.8 Å². The van der Waals surface area contributed by atoms with Crippen LogP contribution in [0.25, 0.3) is 0 Å². The van der Waals surface area contributed by atoms with E-state index in [1.807, 2.05) is 6.07 Å².